The lowest BCUT2D eigenvalue weighted by molar-refractivity contribution is 0.102. The SMILES string of the molecule is COc1ccc(Nc2cnc(C(=O)Nc3ccc(C)c(Cl)c3)cn2)c(OC)c1. The fraction of sp³-hybridized carbons (Fsp3) is 0.150. The van der Waals surface area contributed by atoms with E-state index in [9.17, 15) is 4.79 Å². The average molecular weight is 399 g/mol. The molecule has 2 aromatic carbocycles. The van der Waals surface area contributed by atoms with Gasteiger partial charge in [0.25, 0.3) is 5.91 Å². The van der Waals surface area contributed by atoms with Crippen LogP contribution in [0.2, 0.25) is 5.02 Å². The van der Waals surface area contributed by atoms with Gasteiger partial charge in [0.15, 0.2) is 0 Å². The van der Waals surface area contributed by atoms with Crippen LogP contribution in [0.25, 0.3) is 0 Å². The van der Waals surface area contributed by atoms with Crippen LogP contribution in [0.3, 0.4) is 0 Å². The summed E-state index contributed by atoms with van der Waals surface area (Å²) < 4.78 is 10.5. The minimum absolute atomic E-state index is 0.184. The summed E-state index contributed by atoms with van der Waals surface area (Å²) in [6.45, 7) is 1.89. The van der Waals surface area contributed by atoms with Crippen LogP contribution in [0, 0.1) is 6.92 Å². The number of nitrogens with zero attached hydrogens (tertiary/aromatic N) is 2. The topological polar surface area (TPSA) is 85.4 Å². The third-order valence-corrected chi connectivity index (χ3v) is 4.39. The van der Waals surface area contributed by atoms with Gasteiger partial charge in [-0.1, -0.05) is 17.7 Å². The van der Waals surface area contributed by atoms with Crippen LogP contribution in [-0.2, 0) is 0 Å². The summed E-state index contributed by atoms with van der Waals surface area (Å²) in [5, 5.41) is 6.43. The number of nitrogens with one attached hydrogen (secondary N) is 2. The lowest BCUT2D eigenvalue weighted by atomic mass is 10.2. The predicted molar refractivity (Wildman–Crippen MR) is 109 cm³/mol. The number of ether oxygens (including phenoxy) is 2. The number of halogens is 1. The molecule has 144 valence electrons. The van der Waals surface area contributed by atoms with Crippen molar-refractivity contribution < 1.29 is 14.3 Å². The molecule has 0 spiro atoms. The summed E-state index contributed by atoms with van der Waals surface area (Å²) in [4.78, 5) is 20.7. The van der Waals surface area contributed by atoms with Crippen molar-refractivity contribution in [3.05, 3.63) is 65.1 Å². The molecule has 0 unspecified atom stereocenters. The van der Waals surface area contributed by atoms with E-state index in [1.807, 2.05) is 13.0 Å². The molecular weight excluding hydrogens is 380 g/mol. The molecule has 8 heteroatoms. The maximum absolute atomic E-state index is 12.3. The number of rotatable bonds is 6. The number of carbonyl (C=O) groups excluding carboxylic acids is 1. The van der Waals surface area contributed by atoms with Crippen LogP contribution in [0.4, 0.5) is 17.2 Å². The zero-order valence-corrected chi connectivity index (χ0v) is 16.4. The summed E-state index contributed by atoms with van der Waals surface area (Å²) in [5.41, 5.74) is 2.41. The second-order valence-electron chi connectivity index (χ2n) is 5.90. The molecule has 3 rings (SSSR count). The summed E-state index contributed by atoms with van der Waals surface area (Å²) in [7, 11) is 3.15. The van der Waals surface area contributed by atoms with Crippen molar-refractivity contribution in [2.24, 2.45) is 0 Å². The Bertz CT molecular complexity index is 993. The highest BCUT2D eigenvalue weighted by atomic mass is 35.5. The molecule has 1 aromatic heterocycles. The zero-order chi connectivity index (χ0) is 20.1. The first kappa shape index (κ1) is 19.4. The lowest BCUT2D eigenvalue weighted by Gasteiger charge is -2.12. The monoisotopic (exact) mass is 398 g/mol. The van der Waals surface area contributed by atoms with E-state index in [1.54, 1.807) is 44.6 Å². The predicted octanol–water partition coefficient (Wildman–Crippen LogP) is 4.45. The summed E-state index contributed by atoms with van der Waals surface area (Å²) in [5.74, 6) is 1.37. The number of anilines is 3. The van der Waals surface area contributed by atoms with E-state index in [2.05, 4.69) is 20.6 Å². The van der Waals surface area contributed by atoms with Gasteiger partial charge < -0.3 is 20.1 Å². The van der Waals surface area contributed by atoms with Gasteiger partial charge in [-0.25, -0.2) is 9.97 Å². The van der Waals surface area contributed by atoms with Crippen LogP contribution < -0.4 is 20.1 Å². The summed E-state index contributed by atoms with van der Waals surface area (Å²) in [6.07, 6.45) is 2.87. The highest BCUT2D eigenvalue weighted by Crippen LogP contribution is 2.30. The van der Waals surface area contributed by atoms with Crippen LogP contribution in [0.15, 0.2) is 48.8 Å². The molecule has 0 aliphatic heterocycles. The number of carbonyl (C=O) groups is 1. The molecule has 0 saturated carbocycles. The minimum atomic E-state index is -0.374. The highest BCUT2D eigenvalue weighted by molar-refractivity contribution is 6.31. The van der Waals surface area contributed by atoms with Gasteiger partial charge >= 0.3 is 0 Å². The van der Waals surface area contributed by atoms with Crippen molar-refractivity contribution in [2.75, 3.05) is 24.9 Å². The molecule has 2 N–H and O–H groups in total. The highest BCUT2D eigenvalue weighted by Gasteiger charge is 2.11. The van der Waals surface area contributed by atoms with Crippen molar-refractivity contribution in [3.8, 4) is 11.5 Å². The first-order chi connectivity index (χ1) is 13.5. The molecule has 0 saturated heterocycles. The lowest BCUT2D eigenvalue weighted by Crippen LogP contribution is -2.14. The van der Waals surface area contributed by atoms with E-state index >= 15 is 0 Å². The van der Waals surface area contributed by atoms with Gasteiger partial charge in [-0.05, 0) is 36.8 Å². The maximum atomic E-state index is 12.3. The van der Waals surface area contributed by atoms with Crippen LogP contribution in [0.1, 0.15) is 16.1 Å². The van der Waals surface area contributed by atoms with E-state index in [4.69, 9.17) is 21.1 Å². The number of aromatic nitrogens is 2. The zero-order valence-electron chi connectivity index (χ0n) is 15.6. The standard InChI is InChI=1S/C20H19ClN4O3/c1-12-4-5-13(8-15(12)21)24-20(26)17-10-23-19(11-22-17)25-16-7-6-14(27-2)9-18(16)28-3/h4-11H,1-3H3,(H,23,25)(H,24,26). The second-order valence-corrected chi connectivity index (χ2v) is 6.30. The van der Waals surface area contributed by atoms with Crippen molar-refractivity contribution in [3.63, 3.8) is 0 Å². The summed E-state index contributed by atoms with van der Waals surface area (Å²) >= 11 is 6.08. The van der Waals surface area contributed by atoms with Crippen LogP contribution >= 0.6 is 11.6 Å². The van der Waals surface area contributed by atoms with E-state index < -0.39 is 0 Å². The Morgan fingerprint density at radius 2 is 1.86 bits per heavy atom. The average Bonchev–Trinajstić information content (AvgIpc) is 2.71. The van der Waals surface area contributed by atoms with Gasteiger partial charge in [-0.15, -0.1) is 0 Å². The van der Waals surface area contributed by atoms with Gasteiger partial charge in [0.05, 0.1) is 32.3 Å². The van der Waals surface area contributed by atoms with Gasteiger partial charge in [0.2, 0.25) is 0 Å². The Hall–Kier alpha value is -3.32. The second kappa shape index (κ2) is 8.58. The van der Waals surface area contributed by atoms with Crippen molar-refractivity contribution in [2.45, 2.75) is 6.92 Å². The Balaban J connectivity index is 1.71. The van der Waals surface area contributed by atoms with E-state index in [-0.39, 0.29) is 11.6 Å². The van der Waals surface area contributed by atoms with E-state index in [1.165, 1.54) is 12.4 Å². The molecule has 3 aromatic rings. The first-order valence-electron chi connectivity index (χ1n) is 8.38. The molecule has 0 atom stereocenters. The molecule has 0 fully saturated rings. The Kier molecular flexibility index (Phi) is 5.96. The minimum Gasteiger partial charge on any atom is -0.497 e. The number of methoxy groups -OCH3 is 2. The molecule has 0 aliphatic rings. The fourth-order valence-corrected chi connectivity index (χ4v) is 2.60. The normalized spacial score (nSPS) is 10.3. The Labute approximate surface area is 167 Å². The number of aryl methyl sites for hydroxylation is 1. The molecule has 28 heavy (non-hydrogen) atoms. The van der Waals surface area contributed by atoms with Crippen molar-refractivity contribution in [1.82, 2.24) is 9.97 Å². The quantitative estimate of drug-likeness (QED) is 0.638. The van der Waals surface area contributed by atoms with Crippen LogP contribution in [0.5, 0.6) is 11.5 Å². The maximum Gasteiger partial charge on any atom is 0.275 e. The smallest absolute Gasteiger partial charge is 0.275 e. The summed E-state index contributed by atoms with van der Waals surface area (Å²) in [6, 6.07) is 10.7. The molecule has 1 amide bonds. The van der Waals surface area contributed by atoms with Gasteiger partial charge in [-0.2, -0.15) is 0 Å². The number of hydrogen-bond donors (Lipinski definition) is 2. The molecule has 0 aliphatic carbocycles. The molecule has 0 bridgehead atoms. The van der Waals surface area contributed by atoms with Crippen molar-refractivity contribution >= 4 is 34.7 Å². The molecular formula is C20H19ClN4O3. The number of benzene rings is 2. The third kappa shape index (κ3) is 4.50. The van der Waals surface area contributed by atoms with Gasteiger partial charge in [0, 0.05) is 16.8 Å². The van der Waals surface area contributed by atoms with Gasteiger partial charge in [-0.3, -0.25) is 4.79 Å². The third-order valence-electron chi connectivity index (χ3n) is 3.99. The number of amides is 1. The van der Waals surface area contributed by atoms with E-state index in [0.29, 0.717) is 33.7 Å². The van der Waals surface area contributed by atoms with Crippen LogP contribution in [-0.4, -0.2) is 30.1 Å². The Morgan fingerprint density at radius 1 is 1.04 bits per heavy atom. The number of hydrogen-bond acceptors (Lipinski definition) is 6. The largest absolute Gasteiger partial charge is 0.497 e. The first-order valence-corrected chi connectivity index (χ1v) is 8.76. The van der Waals surface area contributed by atoms with Gasteiger partial charge in [0.1, 0.15) is 23.0 Å². The molecule has 1 heterocycles. The Morgan fingerprint density at radius 3 is 2.50 bits per heavy atom. The van der Waals surface area contributed by atoms with Crippen molar-refractivity contribution in [1.29, 1.82) is 0 Å². The molecule has 0 radical (unpaired) electrons. The fourth-order valence-electron chi connectivity index (χ4n) is 2.42. The van der Waals surface area contributed by atoms with E-state index in [0.717, 1.165) is 5.56 Å². The molecule has 7 nitrogen and oxygen atoms in total.